The number of carbonyl (C=O) groups is 1. The molecule has 0 saturated heterocycles. The summed E-state index contributed by atoms with van der Waals surface area (Å²) in [6.07, 6.45) is 4.67. The van der Waals surface area contributed by atoms with Crippen molar-refractivity contribution in [3.63, 3.8) is 0 Å². The Balaban J connectivity index is 0.710. The summed E-state index contributed by atoms with van der Waals surface area (Å²) < 4.78 is 11.2. The van der Waals surface area contributed by atoms with E-state index in [0.29, 0.717) is 45.9 Å². The van der Waals surface area contributed by atoms with Crippen LogP contribution in [-0.4, -0.2) is 93.2 Å². The number of hydrogen-bond donors (Lipinski definition) is 6. The highest BCUT2D eigenvalue weighted by molar-refractivity contribution is 5.91. The monoisotopic (exact) mass is 1240 g/mol. The van der Waals surface area contributed by atoms with Crippen LogP contribution in [0.2, 0.25) is 0 Å². The van der Waals surface area contributed by atoms with Crippen LogP contribution in [-0.2, 0) is 21.1 Å². The zero-order valence-corrected chi connectivity index (χ0v) is 49.3. The van der Waals surface area contributed by atoms with E-state index in [2.05, 4.69) is 82.1 Å². The molecule has 6 aromatic heterocycles. The average Bonchev–Trinajstić information content (AvgIpc) is 1.67. The average molecular weight is 1240 g/mol. The number of nitrogens with two attached hydrogens (primary N) is 2. The molecule has 0 spiro atoms. The van der Waals surface area contributed by atoms with Gasteiger partial charge >= 0.3 is 18.0 Å². The van der Waals surface area contributed by atoms with Crippen LogP contribution in [0.5, 0.6) is 12.0 Å². The molecule has 458 valence electrons. The minimum atomic E-state index is -0.598. The molecular formula is C64H51N23O6. The van der Waals surface area contributed by atoms with Gasteiger partial charge in [0.05, 0.1) is 49.1 Å². The quantitative estimate of drug-likeness (QED) is 0.00916. The Morgan fingerprint density at radius 3 is 1.82 bits per heavy atom. The number of nitrogen functional groups attached to an aromatic ring is 2. The normalized spacial score (nSPS) is 11.3. The van der Waals surface area contributed by atoms with Crippen molar-refractivity contribution in [1.82, 2.24) is 63.8 Å². The molecule has 0 bridgehead atoms. The van der Waals surface area contributed by atoms with E-state index in [0.717, 1.165) is 16.7 Å². The smallest absolute Gasteiger partial charge is 0.338 e. The summed E-state index contributed by atoms with van der Waals surface area (Å²) in [5.41, 5.74) is 21.6. The number of ether oxygens (including phenoxy) is 1. The van der Waals surface area contributed by atoms with E-state index in [-0.39, 0.29) is 101 Å². The summed E-state index contributed by atoms with van der Waals surface area (Å²) >= 11 is 0. The third-order valence-electron chi connectivity index (χ3n) is 13.9. The zero-order valence-electron chi connectivity index (χ0n) is 49.3. The second-order valence-corrected chi connectivity index (χ2v) is 20.3. The molecule has 93 heavy (non-hydrogen) atoms. The Hall–Kier alpha value is -13.4. The molecule has 0 aliphatic carbocycles. The van der Waals surface area contributed by atoms with Gasteiger partial charge in [-0.05, 0) is 85.6 Å². The molecule has 0 unspecified atom stereocenters. The molecule has 0 aliphatic rings. The van der Waals surface area contributed by atoms with E-state index in [1.165, 1.54) is 31.0 Å². The molecule has 12 rings (SSSR count). The largest absolute Gasteiger partial charge is 0.479 e. The molecule has 0 amide bonds. The molecule has 0 atom stereocenters. The third-order valence-corrected chi connectivity index (χ3v) is 13.9. The lowest BCUT2D eigenvalue weighted by atomic mass is 10.1. The van der Waals surface area contributed by atoms with E-state index < -0.39 is 18.0 Å². The van der Waals surface area contributed by atoms with E-state index in [1.807, 2.05) is 111 Å². The number of benzene rings is 6. The number of nitrogens with one attached hydrogen (secondary N) is 2. The number of para-hydroxylation sites is 2. The maximum atomic E-state index is 13.4. The van der Waals surface area contributed by atoms with Crippen molar-refractivity contribution in [1.29, 1.82) is 5.26 Å². The van der Waals surface area contributed by atoms with Gasteiger partial charge in [0.15, 0.2) is 23.1 Å². The molecule has 8 N–H and O–H groups in total. The van der Waals surface area contributed by atoms with Crippen LogP contribution < -0.4 is 22.1 Å². The molecule has 12 aromatic rings. The predicted molar refractivity (Wildman–Crippen MR) is 340 cm³/mol. The number of hydrogen-bond acceptors (Lipinski definition) is 24. The minimum absolute atomic E-state index is 0.00427. The molecule has 6 aromatic carbocycles. The second-order valence-electron chi connectivity index (χ2n) is 20.3. The first-order chi connectivity index (χ1) is 45.4. The van der Waals surface area contributed by atoms with Crippen molar-refractivity contribution in [2.75, 3.05) is 35.3 Å². The first-order valence-electron chi connectivity index (χ1n) is 28.3. The minimum Gasteiger partial charge on any atom is -0.479 e. The van der Waals surface area contributed by atoms with Crippen molar-refractivity contribution in [2.45, 2.75) is 26.9 Å². The maximum absolute atomic E-state index is 13.4. The van der Waals surface area contributed by atoms with Crippen molar-refractivity contribution >= 4 is 69.6 Å². The van der Waals surface area contributed by atoms with Gasteiger partial charge in [-0.25, -0.2) is 28.8 Å². The molecule has 29 heteroatoms. The van der Waals surface area contributed by atoms with Crippen molar-refractivity contribution in [2.24, 2.45) is 20.5 Å². The number of azo groups is 2. The van der Waals surface area contributed by atoms with E-state index in [4.69, 9.17) is 37.7 Å². The molecule has 6 heterocycles. The number of esters is 1. The van der Waals surface area contributed by atoms with Crippen molar-refractivity contribution in [3.05, 3.63) is 216 Å². The van der Waals surface area contributed by atoms with Crippen LogP contribution in [0.3, 0.4) is 0 Å². The Morgan fingerprint density at radius 1 is 0.624 bits per heavy atom. The topological polar surface area (TPSA) is 375 Å². The summed E-state index contributed by atoms with van der Waals surface area (Å²) in [5, 5.41) is 69.1. The molecule has 0 aliphatic heterocycles. The molecule has 29 nitrogen and oxygen atoms in total. The first kappa shape index (κ1) is 59.9. The fourth-order valence-corrected chi connectivity index (χ4v) is 9.23. The van der Waals surface area contributed by atoms with Gasteiger partial charge in [0.25, 0.3) is 11.6 Å². The fraction of sp³-hybridized carbons (Fsp3) is 0.0938. The van der Waals surface area contributed by atoms with Gasteiger partial charge in [0.2, 0.25) is 17.8 Å². The zero-order chi connectivity index (χ0) is 64.4. The Morgan fingerprint density at radius 2 is 1.19 bits per heavy atom. The second kappa shape index (κ2) is 26.9. The van der Waals surface area contributed by atoms with Crippen LogP contribution in [0, 0.1) is 31.8 Å². The number of aromatic nitrogens is 13. The lowest BCUT2D eigenvalue weighted by molar-refractivity contribution is -0.304. The number of anilines is 6. The highest BCUT2D eigenvalue weighted by Crippen LogP contribution is 2.42. The molecule has 0 saturated carbocycles. The van der Waals surface area contributed by atoms with Gasteiger partial charge in [-0.3, -0.25) is 4.57 Å². The van der Waals surface area contributed by atoms with Gasteiger partial charge in [-0.15, -0.1) is 20.5 Å². The number of nitriles is 1. The van der Waals surface area contributed by atoms with Crippen LogP contribution in [0.1, 0.15) is 39.0 Å². The SMILES string of the molecule is [C-]#[N+]c1cnn(-c2ccccc2)c1N=Nc1c(-c2ccc(COOCCCOC(=O)c3ccc(-c4cn(-c5nc(O)nc(Nc6ccc(C)cc6)n5)c(N)c4N=Nc4c(C#N)cnn4-c4ccccc4)cc3)cc2)nn(-c2nc(O)nc(Nc3ccc(C)cc3)n2)c1N. The molecular weight excluding hydrogens is 1190 g/mol. The predicted octanol–water partition coefficient (Wildman–Crippen LogP) is 12.4. The number of aromatic hydroxyl groups is 2. The van der Waals surface area contributed by atoms with Crippen molar-refractivity contribution in [3.8, 4) is 63.7 Å². The lowest BCUT2D eigenvalue weighted by Crippen LogP contribution is -2.09. The van der Waals surface area contributed by atoms with E-state index in [9.17, 15) is 20.3 Å². The molecule has 0 fully saturated rings. The van der Waals surface area contributed by atoms with Gasteiger partial charge in [-0.1, -0.05) is 108 Å². The van der Waals surface area contributed by atoms with Gasteiger partial charge in [0.1, 0.15) is 35.4 Å². The van der Waals surface area contributed by atoms with Crippen LogP contribution in [0.15, 0.2) is 197 Å². The summed E-state index contributed by atoms with van der Waals surface area (Å²) in [6.45, 7) is 11.9. The van der Waals surface area contributed by atoms with Crippen LogP contribution in [0.4, 0.5) is 63.6 Å². The van der Waals surface area contributed by atoms with E-state index >= 15 is 0 Å². The number of aryl methyl sites for hydroxylation is 2. The lowest BCUT2D eigenvalue weighted by Gasteiger charge is -2.08. The first-order valence-corrected chi connectivity index (χ1v) is 28.3. The van der Waals surface area contributed by atoms with Gasteiger partial charge in [-0.2, -0.15) is 55.1 Å². The Bertz CT molecular complexity index is 4820. The highest BCUT2D eigenvalue weighted by atomic mass is 17.2. The standard InChI is InChI=1S/C64H51N23O6/c1-38-15-27-45(28-16-38)71-59-73-61(77-63(89)75-59)84-36-49(52(54(84)66)79-81-56-44(33-65)34-69-85(56)47-11-6-4-7-12-47)41-23-25-43(26-24-41)58(88)91-31-10-32-92-93-37-40-19-21-42(22-20-40)51-53(80-82-57-50(68-3)35-70-86(57)48-13-8-5-9-14-48)55(67)87(83-51)62-74-60(76-64(90)78-62)72-46-29-17-39(2)18-30-46/h4-9,11-30,34-36H,10,31-32,37,66-67H2,1-2H3,(H2,71,73,75,77,89)(H2,72,74,76,78,90). The third kappa shape index (κ3) is 13.5. The summed E-state index contributed by atoms with van der Waals surface area (Å²) in [4.78, 5) is 53.4. The summed E-state index contributed by atoms with van der Waals surface area (Å²) in [5.74, 6) is -0.462. The summed E-state index contributed by atoms with van der Waals surface area (Å²) in [6, 6.07) is 47.8. The maximum Gasteiger partial charge on any atom is 0.338 e. The molecule has 0 radical (unpaired) electrons. The van der Waals surface area contributed by atoms with Crippen LogP contribution in [0.25, 0.3) is 50.5 Å². The highest BCUT2D eigenvalue weighted by Gasteiger charge is 2.25. The van der Waals surface area contributed by atoms with Crippen LogP contribution >= 0.6 is 0 Å². The Kier molecular flexibility index (Phi) is 17.4. The Labute approximate surface area is 528 Å². The van der Waals surface area contributed by atoms with Gasteiger partial charge in [0, 0.05) is 35.1 Å². The number of carbonyl (C=O) groups excluding carboxylic acids is 1. The van der Waals surface area contributed by atoms with Gasteiger partial charge < -0.3 is 37.1 Å². The van der Waals surface area contributed by atoms with E-state index in [1.54, 1.807) is 66.9 Å². The van der Waals surface area contributed by atoms with Crippen molar-refractivity contribution < 1.29 is 29.5 Å². The number of rotatable bonds is 22. The number of nitrogens with zero attached hydrogens (tertiary/aromatic N) is 19. The summed E-state index contributed by atoms with van der Waals surface area (Å²) in [7, 11) is 0. The fourth-order valence-electron chi connectivity index (χ4n) is 9.23.